The summed E-state index contributed by atoms with van der Waals surface area (Å²) in [7, 11) is 2.10. The largest absolute Gasteiger partial charge is 0.436 e. The lowest BCUT2D eigenvalue weighted by Gasteiger charge is -2.42. The fourth-order valence-corrected chi connectivity index (χ4v) is 7.57. The van der Waals surface area contributed by atoms with E-state index in [1.807, 2.05) is 30.3 Å². The third-order valence-corrected chi connectivity index (χ3v) is 10.7. The van der Waals surface area contributed by atoms with Crippen LogP contribution in [0, 0.1) is 0 Å². The van der Waals surface area contributed by atoms with Crippen molar-refractivity contribution in [1.82, 2.24) is 34.4 Å². The third kappa shape index (κ3) is 8.18. The summed E-state index contributed by atoms with van der Waals surface area (Å²) in [5, 5.41) is 4.49. The van der Waals surface area contributed by atoms with Crippen molar-refractivity contribution in [3.05, 3.63) is 68.5 Å². The molecule has 2 aromatic carbocycles. The number of ether oxygens (including phenoxy) is 1. The predicted octanol–water partition coefficient (Wildman–Crippen LogP) is 4.23. The highest BCUT2D eigenvalue weighted by atomic mass is 79.9. The molecule has 3 N–H and O–H groups in total. The Kier molecular flexibility index (Phi) is 10.9. The number of amides is 2. The maximum absolute atomic E-state index is 14.0. The minimum atomic E-state index is -4.72. The number of nitrogen functional groups attached to an aromatic ring is 1. The fraction of sp³-hybridized carbons (Fsp3) is 0.529. The summed E-state index contributed by atoms with van der Waals surface area (Å²) >= 11 is 3.12. The quantitative estimate of drug-likeness (QED) is 0.342. The molecule has 0 unspecified atom stereocenters. The SMILES string of the molecule is CN1CCN(C2CCN(C(=O)[C@@H](Cc3cc(Br)c(N)c(C(F)(F)F)c3)OC(=O)N3CCC(n4nc(-c5ccccc5)[nH]c4=O)CC3)CC2)CC1. The van der Waals surface area contributed by atoms with E-state index in [0.717, 1.165) is 50.7 Å². The summed E-state index contributed by atoms with van der Waals surface area (Å²) < 4.78 is 48.8. The molecule has 270 valence electrons. The number of anilines is 1. The van der Waals surface area contributed by atoms with E-state index in [2.05, 4.69) is 42.9 Å². The Balaban J connectivity index is 1.14. The van der Waals surface area contributed by atoms with Gasteiger partial charge in [0.15, 0.2) is 11.9 Å². The Bertz CT molecular complexity index is 1710. The van der Waals surface area contributed by atoms with Crippen molar-refractivity contribution < 1.29 is 27.5 Å². The van der Waals surface area contributed by atoms with E-state index in [1.54, 1.807) is 4.90 Å². The Labute approximate surface area is 296 Å². The number of rotatable bonds is 7. The monoisotopic (exact) mass is 762 g/mol. The van der Waals surface area contributed by atoms with Gasteiger partial charge in [0.25, 0.3) is 5.91 Å². The minimum absolute atomic E-state index is 0.0407. The van der Waals surface area contributed by atoms with Crippen molar-refractivity contribution >= 4 is 33.6 Å². The van der Waals surface area contributed by atoms with Crippen molar-refractivity contribution in [2.45, 2.75) is 56.5 Å². The molecule has 50 heavy (non-hydrogen) atoms. The number of carbonyl (C=O) groups is 2. The first-order chi connectivity index (χ1) is 23.9. The molecule has 4 heterocycles. The maximum Gasteiger partial charge on any atom is 0.418 e. The Morgan fingerprint density at radius 1 is 0.960 bits per heavy atom. The maximum atomic E-state index is 14.0. The summed E-state index contributed by atoms with van der Waals surface area (Å²) in [6, 6.07) is 11.7. The van der Waals surface area contributed by atoms with E-state index in [1.165, 1.54) is 15.6 Å². The lowest BCUT2D eigenvalue weighted by atomic mass is 9.99. The van der Waals surface area contributed by atoms with E-state index >= 15 is 0 Å². The molecule has 3 aliphatic rings. The number of likely N-dealkylation sites (N-methyl/N-ethyl adjacent to an activating group) is 1. The number of nitrogens with one attached hydrogen (secondary N) is 1. The summed E-state index contributed by atoms with van der Waals surface area (Å²) in [4.78, 5) is 50.9. The number of halogens is 4. The molecule has 3 aromatic rings. The lowest BCUT2D eigenvalue weighted by Crippen LogP contribution is -2.54. The second kappa shape index (κ2) is 15.2. The number of nitrogens with two attached hydrogens (primary N) is 1. The zero-order valence-electron chi connectivity index (χ0n) is 27.9. The van der Waals surface area contributed by atoms with E-state index in [9.17, 15) is 27.6 Å². The minimum Gasteiger partial charge on any atom is -0.436 e. The molecular formula is C34H42BrF3N8O4. The summed E-state index contributed by atoms with van der Waals surface area (Å²) in [6.45, 7) is 5.29. The highest BCUT2D eigenvalue weighted by molar-refractivity contribution is 9.10. The average molecular weight is 764 g/mol. The molecule has 16 heteroatoms. The average Bonchev–Trinajstić information content (AvgIpc) is 3.50. The van der Waals surface area contributed by atoms with Crippen molar-refractivity contribution in [1.29, 1.82) is 0 Å². The number of piperazine rings is 1. The molecule has 0 saturated carbocycles. The van der Waals surface area contributed by atoms with Gasteiger partial charge in [-0.2, -0.15) is 13.2 Å². The summed E-state index contributed by atoms with van der Waals surface area (Å²) in [6.07, 6.45) is -4.70. The molecule has 1 atom stereocenters. The van der Waals surface area contributed by atoms with Crippen LogP contribution in [-0.4, -0.2) is 118 Å². The molecule has 1 aromatic heterocycles. The highest BCUT2D eigenvalue weighted by Crippen LogP contribution is 2.38. The number of aromatic nitrogens is 3. The van der Waals surface area contributed by atoms with Crippen LogP contribution in [0.4, 0.5) is 23.7 Å². The molecule has 3 fully saturated rings. The number of piperidine rings is 2. The van der Waals surface area contributed by atoms with Gasteiger partial charge in [0.1, 0.15) is 0 Å². The normalized spacial score (nSPS) is 19.5. The van der Waals surface area contributed by atoms with Gasteiger partial charge in [-0.05, 0) is 66.4 Å². The summed E-state index contributed by atoms with van der Waals surface area (Å²) in [5.74, 6) is 0.0115. The molecule has 0 aliphatic carbocycles. The number of alkyl halides is 3. The first-order valence-electron chi connectivity index (χ1n) is 16.9. The first-order valence-corrected chi connectivity index (χ1v) is 17.7. The van der Waals surface area contributed by atoms with Crippen molar-refractivity contribution in [2.75, 3.05) is 65.1 Å². The van der Waals surface area contributed by atoms with Crippen LogP contribution < -0.4 is 11.4 Å². The number of nitrogens with zero attached hydrogens (tertiary/aromatic N) is 6. The van der Waals surface area contributed by atoms with Crippen molar-refractivity contribution in [3.8, 4) is 11.4 Å². The highest BCUT2D eigenvalue weighted by Gasteiger charge is 2.38. The Morgan fingerprint density at radius 3 is 2.22 bits per heavy atom. The van der Waals surface area contributed by atoms with Crippen LogP contribution in [0.2, 0.25) is 0 Å². The second-order valence-electron chi connectivity index (χ2n) is 13.3. The van der Waals surface area contributed by atoms with Crippen LogP contribution in [0.5, 0.6) is 0 Å². The molecular weight excluding hydrogens is 721 g/mol. The van der Waals surface area contributed by atoms with Gasteiger partial charge in [0.2, 0.25) is 0 Å². The van der Waals surface area contributed by atoms with E-state index in [-0.39, 0.29) is 41.3 Å². The fourth-order valence-electron chi connectivity index (χ4n) is 7.06. The number of likely N-dealkylation sites (tertiary alicyclic amines) is 2. The Hall–Kier alpha value is -3.89. The van der Waals surface area contributed by atoms with Gasteiger partial charge in [-0.3, -0.25) is 14.7 Å². The lowest BCUT2D eigenvalue weighted by molar-refractivity contribution is -0.142. The van der Waals surface area contributed by atoms with Crippen molar-refractivity contribution in [3.63, 3.8) is 0 Å². The molecule has 2 amide bonds. The van der Waals surface area contributed by atoms with Gasteiger partial charge in [-0.25, -0.2) is 14.3 Å². The molecule has 3 aliphatic heterocycles. The third-order valence-electron chi connectivity index (χ3n) is 10.0. The van der Waals surface area contributed by atoms with E-state index in [4.69, 9.17) is 10.5 Å². The smallest absolute Gasteiger partial charge is 0.418 e. The van der Waals surface area contributed by atoms with E-state index < -0.39 is 35.5 Å². The van der Waals surface area contributed by atoms with Gasteiger partial charge in [0.05, 0.1) is 17.3 Å². The molecule has 0 radical (unpaired) electrons. The molecule has 0 spiro atoms. The number of hydrogen-bond donors (Lipinski definition) is 2. The molecule has 12 nitrogen and oxygen atoms in total. The van der Waals surface area contributed by atoms with Gasteiger partial charge >= 0.3 is 18.0 Å². The van der Waals surface area contributed by atoms with Gasteiger partial charge < -0.3 is 25.2 Å². The topological polar surface area (TPSA) is 133 Å². The number of benzene rings is 2. The zero-order chi connectivity index (χ0) is 35.6. The standard InChI is InChI=1S/C34H42BrF3N8O4/c1-42-15-17-43(18-16-42)24-7-11-44(12-8-24)31(47)28(21-22-19-26(34(36,37)38)29(39)27(35)20-22)50-33(49)45-13-9-25(10-14-45)46-32(48)40-30(41-46)23-5-3-2-4-6-23/h2-6,19-20,24-25,28H,7-18,21,39H2,1H3,(H,40,41,48)/t28-/m1/s1. The summed E-state index contributed by atoms with van der Waals surface area (Å²) in [5.41, 5.74) is 4.83. The Morgan fingerprint density at radius 2 is 1.58 bits per heavy atom. The molecule has 0 bridgehead atoms. The van der Waals surface area contributed by atoms with Crippen LogP contribution in [0.3, 0.4) is 0 Å². The van der Waals surface area contributed by atoms with Crippen LogP contribution in [0.25, 0.3) is 11.4 Å². The van der Waals surface area contributed by atoms with E-state index in [0.29, 0.717) is 37.8 Å². The van der Waals surface area contributed by atoms with Crippen LogP contribution in [0.15, 0.2) is 51.7 Å². The zero-order valence-corrected chi connectivity index (χ0v) is 29.5. The second-order valence-corrected chi connectivity index (χ2v) is 14.2. The predicted molar refractivity (Wildman–Crippen MR) is 184 cm³/mol. The van der Waals surface area contributed by atoms with Gasteiger partial charge in [0, 0.05) is 74.9 Å². The number of hydrogen-bond acceptors (Lipinski definition) is 8. The number of aromatic amines is 1. The van der Waals surface area contributed by atoms with Crippen LogP contribution >= 0.6 is 15.9 Å². The molecule has 3 saturated heterocycles. The first kappa shape index (κ1) is 35.9. The number of H-pyrrole nitrogens is 1. The van der Waals surface area contributed by atoms with Crippen LogP contribution in [0.1, 0.15) is 42.9 Å². The van der Waals surface area contributed by atoms with Gasteiger partial charge in [-0.15, -0.1) is 5.10 Å². The molecule has 6 rings (SSSR count). The van der Waals surface area contributed by atoms with Crippen LogP contribution in [-0.2, 0) is 22.1 Å². The number of carbonyl (C=O) groups excluding carboxylic acids is 2. The van der Waals surface area contributed by atoms with Crippen molar-refractivity contribution in [2.24, 2.45) is 0 Å². The van der Waals surface area contributed by atoms with Gasteiger partial charge in [-0.1, -0.05) is 30.3 Å².